The molecule has 144 valence electrons. The number of nitrogens with zero attached hydrogens (tertiary/aromatic N) is 1. The van der Waals surface area contributed by atoms with Crippen LogP contribution in [0.3, 0.4) is 0 Å². The molecule has 0 atom stereocenters. The van der Waals surface area contributed by atoms with Gasteiger partial charge in [0.25, 0.3) is 11.8 Å². The summed E-state index contributed by atoms with van der Waals surface area (Å²) in [6, 6.07) is 13.7. The van der Waals surface area contributed by atoms with E-state index in [0.29, 0.717) is 35.7 Å². The summed E-state index contributed by atoms with van der Waals surface area (Å²) in [5.41, 5.74) is 2.58. The van der Waals surface area contributed by atoms with E-state index in [-0.39, 0.29) is 11.8 Å². The van der Waals surface area contributed by atoms with E-state index in [9.17, 15) is 9.59 Å². The van der Waals surface area contributed by atoms with Crippen LogP contribution in [0.25, 0.3) is 0 Å². The summed E-state index contributed by atoms with van der Waals surface area (Å²) in [5, 5.41) is 8.52. The maximum atomic E-state index is 12.4. The van der Waals surface area contributed by atoms with Crippen molar-refractivity contribution in [1.29, 1.82) is 0 Å². The predicted octanol–water partition coefficient (Wildman–Crippen LogP) is 4.03. The molecule has 0 aliphatic heterocycles. The normalized spacial score (nSPS) is 10.4. The van der Waals surface area contributed by atoms with Crippen LogP contribution in [0.15, 0.2) is 53.9 Å². The van der Waals surface area contributed by atoms with Gasteiger partial charge < -0.3 is 15.4 Å². The van der Waals surface area contributed by atoms with Crippen LogP contribution in [0.5, 0.6) is 5.75 Å². The number of rotatable bonds is 7. The lowest BCUT2D eigenvalue weighted by molar-refractivity contribution is 0.0955. The number of carbonyl (C=O) groups excluding carboxylic acids is 2. The van der Waals surface area contributed by atoms with Crippen molar-refractivity contribution in [1.82, 2.24) is 10.3 Å². The highest BCUT2D eigenvalue weighted by atomic mass is 32.1. The van der Waals surface area contributed by atoms with Crippen LogP contribution in [-0.4, -0.2) is 23.3 Å². The van der Waals surface area contributed by atoms with Crippen LogP contribution in [0.1, 0.15) is 38.3 Å². The monoisotopic (exact) mass is 395 g/mol. The van der Waals surface area contributed by atoms with Crippen molar-refractivity contribution in [3.05, 3.63) is 75.7 Å². The van der Waals surface area contributed by atoms with E-state index in [4.69, 9.17) is 4.74 Å². The number of ether oxygens (including phenoxy) is 1. The van der Waals surface area contributed by atoms with E-state index in [1.54, 1.807) is 59.9 Å². The van der Waals surface area contributed by atoms with Gasteiger partial charge >= 0.3 is 0 Å². The molecule has 28 heavy (non-hydrogen) atoms. The molecule has 0 aliphatic rings. The number of hydrogen-bond donors (Lipinski definition) is 2. The molecule has 3 aromatic rings. The molecule has 6 nitrogen and oxygen atoms in total. The first-order chi connectivity index (χ1) is 13.5. The first-order valence-corrected chi connectivity index (χ1v) is 9.76. The molecule has 0 bridgehead atoms. The molecule has 3 rings (SSSR count). The van der Waals surface area contributed by atoms with E-state index in [0.717, 1.165) is 10.7 Å². The highest BCUT2D eigenvalue weighted by molar-refractivity contribution is 7.09. The van der Waals surface area contributed by atoms with Gasteiger partial charge in [0.05, 0.1) is 10.7 Å². The number of anilines is 1. The average molecular weight is 395 g/mol. The van der Waals surface area contributed by atoms with Crippen LogP contribution in [-0.2, 0) is 6.61 Å². The Bertz CT molecular complexity index is 950. The molecule has 2 amide bonds. The van der Waals surface area contributed by atoms with Crippen molar-refractivity contribution >= 4 is 28.8 Å². The highest BCUT2D eigenvalue weighted by Crippen LogP contribution is 2.17. The summed E-state index contributed by atoms with van der Waals surface area (Å²) in [7, 11) is 0. The second-order valence-corrected chi connectivity index (χ2v) is 7.12. The Morgan fingerprint density at radius 2 is 1.64 bits per heavy atom. The first-order valence-electron chi connectivity index (χ1n) is 8.88. The third-order valence-electron chi connectivity index (χ3n) is 3.91. The van der Waals surface area contributed by atoms with Crippen LogP contribution >= 0.6 is 11.3 Å². The van der Waals surface area contributed by atoms with Gasteiger partial charge in [-0.25, -0.2) is 4.98 Å². The third kappa shape index (κ3) is 5.17. The van der Waals surface area contributed by atoms with E-state index in [2.05, 4.69) is 15.6 Å². The number of aromatic nitrogens is 1. The zero-order chi connectivity index (χ0) is 19.9. The molecule has 0 saturated carbocycles. The molecule has 0 radical (unpaired) electrons. The molecule has 2 N–H and O–H groups in total. The minimum absolute atomic E-state index is 0.135. The number of aryl methyl sites for hydroxylation is 1. The molecule has 0 fully saturated rings. The predicted molar refractivity (Wildman–Crippen MR) is 110 cm³/mol. The summed E-state index contributed by atoms with van der Waals surface area (Å²) in [4.78, 5) is 28.5. The second-order valence-electron chi connectivity index (χ2n) is 6.06. The van der Waals surface area contributed by atoms with E-state index in [1.165, 1.54) is 0 Å². The number of hydrogen-bond acceptors (Lipinski definition) is 5. The Morgan fingerprint density at radius 3 is 2.25 bits per heavy atom. The first kappa shape index (κ1) is 19.6. The number of carbonyl (C=O) groups is 2. The van der Waals surface area contributed by atoms with Crippen molar-refractivity contribution in [2.75, 3.05) is 11.9 Å². The molecular weight excluding hydrogens is 374 g/mol. The number of thiazole rings is 1. The van der Waals surface area contributed by atoms with Crippen LogP contribution in [0.2, 0.25) is 0 Å². The Morgan fingerprint density at radius 1 is 1.00 bits per heavy atom. The average Bonchev–Trinajstić information content (AvgIpc) is 3.13. The molecule has 2 aromatic carbocycles. The third-order valence-corrected chi connectivity index (χ3v) is 4.73. The standard InChI is InChI=1S/C21H21N3O3S/c1-3-22-20(25)15-4-8-17(9-5-15)24-21(26)16-6-10-19(11-7-16)27-12-18-13-28-14(2)23-18/h4-11,13H,3,12H2,1-2H3,(H,22,25)(H,24,26). The number of benzene rings is 2. The number of amides is 2. The second kappa shape index (κ2) is 9.14. The van der Waals surface area contributed by atoms with Crippen LogP contribution in [0, 0.1) is 6.92 Å². The fourth-order valence-electron chi connectivity index (χ4n) is 2.51. The lowest BCUT2D eigenvalue weighted by Crippen LogP contribution is -2.22. The van der Waals surface area contributed by atoms with Crippen molar-refractivity contribution in [3.8, 4) is 5.75 Å². The van der Waals surface area contributed by atoms with Gasteiger partial charge in [-0.1, -0.05) is 0 Å². The highest BCUT2D eigenvalue weighted by Gasteiger charge is 2.08. The Kier molecular flexibility index (Phi) is 6.39. The summed E-state index contributed by atoms with van der Waals surface area (Å²) < 4.78 is 5.69. The maximum Gasteiger partial charge on any atom is 0.255 e. The molecule has 0 aliphatic carbocycles. The minimum Gasteiger partial charge on any atom is -0.487 e. The Balaban J connectivity index is 1.56. The zero-order valence-electron chi connectivity index (χ0n) is 15.7. The lowest BCUT2D eigenvalue weighted by atomic mass is 10.1. The summed E-state index contributed by atoms with van der Waals surface area (Å²) in [6.45, 7) is 4.78. The molecule has 0 unspecified atom stereocenters. The molecule has 7 heteroatoms. The van der Waals surface area contributed by atoms with E-state index >= 15 is 0 Å². The van der Waals surface area contributed by atoms with Gasteiger partial charge in [-0.15, -0.1) is 11.3 Å². The van der Waals surface area contributed by atoms with Crippen molar-refractivity contribution in [3.63, 3.8) is 0 Å². The molecule has 1 heterocycles. The quantitative estimate of drug-likeness (QED) is 0.633. The largest absolute Gasteiger partial charge is 0.487 e. The molecule has 0 spiro atoms. The van der Waals surface area contributed by atoms with Crippen LogP contribution in [0.4, 0.5) is 5.69 Å². The molecule has 1 aromatic heterocycles. The van der Waals surface area contributed by atoms with Gasteiger partial charge in [0.15, 0.2) is 0 Å². The van der Waals surface area contributed by atoms with Crippen molar-refractivity contribution < 1.29 is 14.3 Å². The van der Waals surface area contributed by atoms with Gasteiger partial charge in [-0.3, -0.25) is 9.59 Å². The molecule has 0 saturated heterocycles. The topological polar surface area (TPSA) is 80.3 Å². The van der Waals surface area contributed by atoms with Crippen molar-refractivity contribution in [2.24, 2.45) is 0 Å². The lowest BCUT2D eigenvalue weighted by Gasteiger charge is -2.08. The molecular formula is C21H21N3O3S. The van der Waals surface area contributed by atoms with Gasteiger partial charge in [0.1, 0.15) is 12.4 Å². The van der Waals surface area contributed by atoms with Gasteiger partial charge in [-0.05, 0) is 62.4 Å². The van der Waals surface area contributed by atoms with Crippen LogP contribution < -0.4 is 15.4 Å². The maximum absolute atomic E-state index is 12.4. The zero-order valence-corrected chi connectivity index (χ0v) is 16.5. The van der Waals surface area contributed by atoms with E-state index < -0.39 is 0 Å². The fraction of sp³-hybridized carbons (Fsp3) is 0.190. The van der Waals surface area contributed by atoms with Crippen molar-refractivity contribution in [2.45, 2.75) is 20.5 Å². The summed E-state index contributed by atoms with van der Waals surface area (Å²) in [5.74, 6) is 0.310. The fourth-order valence-corrected chi connectivity index (χ4v) is 3.10. The van der Waals surface area contributed by atoms with E-state index in [1.807, 2.05) is 19.2 Å². The number of nitrogens with one attached hydrogen (secondary N) is 2. The Hall–Kier alpha value is -3.19. The van der Waals surface area contributed by atoms with Gasteiger partial charge in [0, 0.05) is 28.7 Å². The SMILES string of the molecule is CCNC(=O)c1ccc(NC(=O)c2ccc(OCc3csc(C)n3)cc2)cc1. The Labute approximate surface area is 167 Å². The smallest absolute Gasteiger partial charge is 0.255 e. The van der Waals surface area contributed by atoms with Gasteiger partial charge in [0.2, 0.25) is 0 Å². The van der Waals surface area contributed by atoms with Gasteiger partial charge in [-0.2, -0.15) is 0 Å². The summed E-state index contributed by atoms with van der Waals surface area (Å²) in [6.07, 6.45) is 0. The minimum atomic E-state index is -0.229. The summed E-state index contributed by atoms with van der Waals surface area (Å²) >= 11 is 1.59.